The molecule has 3 rings (SSSR count). The first-order valence-electron chi connectivity index (χ1n) is 10.7. The molecule has 34 heavy (non-hydrogen) atoms. The summed E-state index contributed by atoms with van der Waals surface area (Å²) in [7, 11) is 0. The summed E-state index contributed by atoms with van der Waals surface area (Å²) in [5, 5.41) is 0. The van der Waals surface area contributed by atoms with Crippen molar-refractivity contribution >= 4 is 36.2 Å². The highest BCUT2D eigenvalue weighted by molar-refractivity contribution is 5.88. The van der Waals surface area contributed by atoms with E-state index >= 15 is 0 Å². The number of esters is 2. The Kier molecular flexibility index (Phi) is 8.14. The number of aryl methyl sites for hydroxylation is 1. The highest BCUT2D eigenvalue weighted by Crippen LogP contribution is 2.20. The zero-order valence-electron chi connectivity index (χ0n) is 19.3. The maximum atomic E-state index is 11.6. The van der Waals surface area contributed by atoms with Crippen molar-refractivity contribution in [1.29, 1.82) is 0 Å². The van der Waals surface area contributed by atoms with Crippen LogP contribution in [0.1, 0.15) is 34.7 Å². The standard InChI is InChI=1S/C30H26O4/c1-5-29(31)33-27-16-10-23(11-17-27)6-7-25-9-15-26(22(4)20-25)14-8-24-12-18-28(19-13-24)34-30(32)21(2)3/h5-20H,1-2H2,3-4H3. The van der Waals surface area contributed by atoms with E-state index in [1.807, 2.05) is 42.5 Å². The van der Waals surface area contributed by atoms with Gasteiger partial charge >= 0.3 is 11.9 Å². The fourth-order valence-electron chi connectivity index (χ4n) is 3.01. The zero-order chi connectivity index (χ0) is 24.5. The molecule has 4 heteroatoms. The van der Waals surface area contributed by atoms with Gasteiger partial charge in [-0.3, -0.25) is 0 Å². The van der Waals surface area contributed by atoms with Gasteiger partial charge < -0.3 is 9.47 Å². The third-order valence-electron chi connectivity index (χ3n) is 4.92. The summed E-state index contributed by atoms with van der Waals surface area (Å²) in [6, 6.07) is 20.8. The molecule has 0 aliphatic heterocycles. The van der Waals surface area contributed by atoms with Crippen molar-refractivity contribution in [3.05, 3.63) is 119 Å². The second-order valence-corrected chi connectivity index (χ2v) is 7.72. The van der Waals surface area contributed by atoms with E-state index in [9.17, 15) is 9.59 Å². The molecule has 0 aromatic heterocycles. The van der Waals surface area contributed by atoms with E-state index in [1.165, 1.54) is 0 Å². The summed E-state index contributed by atoms with van der Waals surface area (Å²) in [5.74, 6) is 0.0644. The largest absolute Gasteiger partial charge is 0.423 e. The van der Waals surface area contributed by atoms with E-state index < -0.39 is 11.9 Å². The number of ether oxygens (including phenoxy) is 2. The quantitative estimate of drug-likeness (QED) is 0.162. The molecule has 4 nitrogen and oxygen atoms in total. The molecular weight excluding hydrogens is 424 g/mol. The second-order valence-electron chi connectivity index (χ2n) is 7.72. The first-order chi connectivity index (χ1) is 16.3. The molecule has 0 radical (unpaired) electrons. The Bertz CT molecular complexity index is 1260. The lowest BCUT2D eigenvalue weighted by Gasteiger charge is -2.05. The van der Waals surface area contributed by atoms with Crippen molar-refractivity contribution in [2.75, 3.05) is 0 Å². The fourth-order valence-corrected chi connectivity index (χ4v) is 3.01. The average Bonchev–Trinajstić information content (AvgIpc) is 2.83. The summed E-state index contributed by atoms with van der Waals surface area (Å²) in [5.41, 5.74) is 5.71. The lowest BCUT2D eigenvalue weighted by atomic mass is 10.0. The van der Waals surface area contributed by atoms with Crippen LogP contribution in [0, 0.1) is 6.92 Å². The van der Waals surface area contributed by atoms with Gasteiger partial charge in [0.2, 0.25) is 0 Å². The smallest absolute Gasteiger partial charge is 0.338 e. The van der Waals surface area contributed by atoms with Gasteiger partial charge in [-0.05, 0) is 65.9 Å². The van der Waals surface area contributed by atoms with Crippen LogP contribution in [0.3, 0.4) is 0 Å². The van der Waals surface area contributed by atoms with E-state index in [0.717, 1.165) is 33.9 Å². The first kappa shape index (κ1) is 24.2. The second kappa shape index (κ2) is 11.4. The number of hydrogen-bond donors (Lipinski definition) is 0. The van der Waals surface area contributed by atoms with Gasteiger partial charge in [-0.25, -0.2) is 9.59 Å². The molecule has 0 fully saturated rings. The van der Waals surface area contributed by atoms with Gasteiger partial charge in [0, 0.05) is 11.6 Å². The number of hydrogen-bond acceptors (Lipinski definition) is 4. The van der Waals surface area contributed by atoms with Gasteiger partial charge in [0.1, 0.15) is 11.5 Å². The van der Waals surface area contributed by atoms with E-state index in [2.05, 4.69) is 44.4 Å². The minimum atomic E-state index is -0.478. The Balaban J connectivity index is 1.63. The van der Waals surface area contributed by atoms with Crippen LogP contribution in [0.15, 0.2) is 91.5 Å². The van der Waals surface area contributed by atoms with Gasteiger partial charge in [-0.2, -0.15) is 0 Å². The predicted octanol–water partition coefficient (Wildman–Crippen LogP) is 6.91. The Morgan fingerprint density at radius 1 is 0.735 bits per heavy atom. The van der Waals surface area contributed by atoms with Crippen LogP contribution in [0.5, 0.6) is 11.5 Å². The van der Waals surface area contributed by atoms with Gasteiger partial charge in [0.15, 0.2) is 0 Å². The Labute approximate surface area is 200 Å². The molecule has 0 bridgehead atoms. The number of rotatable bonds is 8. The highest BCUT2D eigenvalue weighted by Gasteiger charge is 2.04. The molecule has 0 aliphatic carbocycles. The molecule has 0 amide bonds. The number of benzene rings is 3. The zero-order valence-corrected chi connectivity index (χ0v) is 19.3. The highest BCUT2D eigenvalue weighted by atomic mass is 16.5. The normalized spacial score (nSPS) is 10.9. The Morgan fingerprint density at radius 2 is 1.24 bits per heavy atom. The van der Waals surface area contributed by atoms with Crippen molar-refractivity contribution < 1.29 is 19.1 Å². The molecule has 0 aliphatic rings. The minimum absolute atomic E-state index is 0.363. The molecule has 3 aromatic rings. The molecule has 0 atom stereocenters. The summed E-state index contributed by atoms with van der Waals surface area (Å²) >= 11 is 0. The fraction of sp³-hybridized carbons (Fsp3) is 0.0667. The average molecular weight is 451 g/mol. The summed E-state index contributed by atoms with van der Waals surface area (Å²) in [6.45, 7) is 10.7. The first-order valence-corrected chi connectivity index (χ1v) is 10.7. The van der Waals surface area contributed by atoms with Crippen molar-refractivity contribution in [3.63, 3.8) is 0 Å². The lowest BCUT2D eigenvalue weighted by Crippen LogP contribution is -2.07. The van der Waals surface area contributed by atoms with Crippen LogP contribution < -0.4 is 9.47 Å². The van der Waals surface area contributed by atoms with Crippen molar-refractivity contribution in [2.24, 2.45) is 0 Å². The monoisotopic (exact) mass is 450 g/mol. The van der Waals surface area contributed by atoms with Gasteiger partial charge in [0.05, 0.1) is 0 Å². The third-order valence-corrected chi connectivity index (χ3v) is 4.92. The molecule has 0 unspecified atom stereocenters. The van der Waals surface area contributed by atoms with Crippen molar-refractivity contribution in [3.8, 4) is 11.5 Å². The van der Waals surface area contributed by atoms with Crippen LogP contribution in [0.2, 0.25) is 0 Å². The molecule has 0 saturated heterocycles. The molecule has 170 valence electrons. The molecule has 0 heterocycles. The van der Waals surface area contributed by atoms with Crippen LogP contribution in [-0.2, 0) is 9.59 Å². The predicted molar refractivity (Wildman–Crippen MR) is 138 cm³/mol. The molecule has 0 N–H and O–H groups in total. The van der Waals surface area contributed by atoms with Crippen LogP contribution in [-0.4, -0.2) is 11.9 Å². The van der Waals surface area contributed by atoms with Gasteiger partial charge in [-0.15, -0.1) is 0 Å². The summed E-state index contributed by atoms with van der Waals surface area (Å²) in [6.07, 6.45) is 9.25. The van der Waals surface area contributed by atoms with Crippen LogP contribution >= 0.6 is 0 Å². The van der Waals surface area contributed by atoms with Crippen molar-refractivity contribution in [1.82, 2.24) is 0 Å². The van der Waals surface area contributed by atoms with E-state index in [-0.39, 0.29) is 0 Å². The Morgan fingerprint density at radius 3 is 1.76 bits per heavy atom. The van der Waals surface area contributed by atoms with Crippen LogP contribution in [0.25, 0.3) is 24.3 Å². The summed E-state index contributed by atoms with van der Waals surface area (Å²) in [4.78, 5) is 22.9. The van der Waals surface area contributed by atoms with E-state index in [4.69, 9.17) is 9.47 Å². The Hall–Kier alpha value is -4.44. The maximum Gasteiger partial charge on any atom is 0.338 e. The number of carbonyl (C=O) groups excluding carboxylic acids is 2. The van der Waals surface area contributed by atoms with Crippen molar-refractivity contribution in [2.45, 2.75) is 13.8 Å². The molecule has 0 saturated carbocycles. The van der Waals surface area contributed by atoms with Gasteiger partial charge in [0.25, 0.3) is 0 Å². The molecular formula is C30H26O4. The maximum absolute atomic E-state index is 11.6. The van der Waals surface area contributed by atoms with Gasteiger partial charge in [-0.1, -0.05) is 79.9 Å². The van der Waals surface area contributed by atoms with E-state index in [1.54, 1.807) is 31.2 Å². The minimum Gasteiger partial charge on any atom is -0.423 e. The van der Waals surface area contributed by atoms with E-state index in [0.29, 0.717) is 17.1 Å². The van der Waals surface area contributed by atoms with Crippen LogP contribution in [0.4, 0.5) is 0 Å². The summed E-state index contributed by atoms with van der Waals surface area (Å²) < 4.78 is 10.3. The third kappa shape index (κ3) is 7.04. The molecule has 0 spiro atoms. The number of carbonyl (C=O) groups is 2. The lowest BCUT2D eigenvalue weighted by molar-refractivity contribution is -0.130. The topological polar surface area (TPSA) is 52.6 Å². The molecule has 3 aromatic carbocycles. The SMILES string of the molecule is C=CC(=O)Oc1ccc(C=Cc2ccc(C=Cc3ccc(OC(=O)C(=C)C)cc3)c(C)c2)cc1.